The van der Waals surface area contributed by atoms with E-state index in [2.05, 4.69) is 38.4 Å². The summed E-state index contributed by atoms with van der Waals surface area (Å²) in [5.74, 6) is -0.275. The summed E-state index contributed by atoms with van der Waals surface area (Å²) in [4.78, 5) is 22.1. The van der Waals surface area contributed by atoms with Gasteiger partial charge in [-0.15, -0.1) is 0 Å². The van der Waals surface area contributed by atoms with Gasteiger partial charge in [-0.25, -0.2) is 4.98 Å². The number of rotatable bonds is 7. The Kier molecular flexibility index (Phi) is 7.32. The lowest BCUT2D eigenvalue weighted by Gasteiger charge is -2.26. The zero-order chi connectivity index (χ0) is 21.6. The molecule has 0 saturated carbocycles. The Labute approximate surface area is 185 Å². The van der Waals surface area contributed by atoms with Gasteiger partial charge in [-0.3, -0.25) is 13.9 Å². The SMILES string of the molecule is CS(=O)c1ncc(C(=O)Nc2ccc(CCN3CCOCC3)cc2C2=CCCCC2)[nH]1. The number of aromatic nitrogens is 2. The summed E-state index contributed by atoms with van der Waals surface area (Å²) in [5, 5.41) is 3.34. The molecule has 4 rings (SSSR count). The maximum absolute atomic E-state index is 12.8. The van der Waals surface area contributed by atoms with Crippen molar-refractivity contribution in [2.75, 3.05) is 44.4 Å². The van der Waals surface area contributed by atoms with Crippen LogP contribution < -0.4 is 5.32 Å². The highest BCUT2D eigenvalue weighted by Crippen LogP contribution is 2.33. The van der Waals surface area contributed by atoms with Crippen LogP contribution in [0, 0.1) is 0 Å². The van der Waals surface area contributed by atoms with Gasteiger partial charge in [-0.2, -0.15) is 0 Å². The molecular formula is C23H30N4O3S. The highest BCUT2D eigenvalue weighted by atomic mass is 32.2. The van der Waals surface area contributed by atoms with Crippen molar-refractivity contribution in [3.05, 3.63) is 47.3 Å². The molecule has 2 N–H and O–H groups in total. The summed E-state index contributed by atoms with van der Waals surface area (Å²) in [6, 6.07) is 6.34. The lowest BCUT2D eigenvalue weighted by atomic mass is 9.91. The number of ether oxygens (including phenoxy) is 1. The van der Waals surface area contributed by atoms with E-state index in [1.54, 1.807) is 0 Å². The van der Waals surface area contributed by atoms with Gasteiger partial charge in [0.25, 0.3) is 5.91 Å². The fourth-order valence-corrected chi connectivity index (χ4v) is 4.53. The Morgan fingerprint density at radius 2 is 2.13 bits per heavy atom. The van der Waals surface area contributed by atoms with Crippen molar-refractivity contribution in [2.24, 2.45) is 0 Å². The lowest BCUT2D eigenvalue weighted by Crippen LogP contribution is -2.37. The molecule has 0 bridgehead atoms. The first-order chi connectivity index (χ1) is 15.1. The van der Waals surface area contributed by atoms with Crippen LogP contribution in [0.4, 0.5) is 5.69 Å². The van der Waals surface area contributed by atoms with Crippen molar-refractivity contribution >= 4 is 28.0 Å². The number of imidazole rings is 1. The van der Waals surface area contributed by atoms with E-state index in [0.29, 0.717) is 10.9 Å². The molecule has 1 amide bonds. The maximum Gasteiger partial charge on any atom is 0.273 e. The highest BCUT2D eigenvalue weighted by Gasteiger charge is 2.17. The van der Waals surface area contributed by atoms with Crippen LogP contribution in [-0.2, 0) is 22.0 Å². The third-order valence-corrected chi connectivity index (χ3v) is 6.61. The van der Waals surface area contributed by atoms with E-state index in [1.165, 1.54) is 36.4 Å². The molecule has 8 heteroatoms. The van der Waals surface area contributed by atoms with Crippen molar-refractivity contribution in [3.8, 4) is 0 Å². The van der Waals surface area contributed by atoms with Gasteiger partial charge in [-0.05, 0) is 55.4 Å². The van der Waals surface area contributed by atoms with Crippen LogP contribution in [0.3, 0.4) is 0 Å². The zero-order valence-electron chi connectivity index (χ0n) is 18.0. The van der Waals surface area contributed by atoms with Crippen molar-refractivity contribution in [2.45, 2.75) is 37.3 Å². The Hall–Kier alpha value is -2.29. The second kappa shape index (κ2) is 10.3. The molecule has 31 heavy (non-hydrogen) atoms. The summed E-state index contributed by atoms with van der Waals surface area (Å²) in [5.41, 5.74) is 4.80. The van der Waals surface area contributed by atoms with Crippen molar-refractivity contribution in [3.63, 3.8) is 0 Å². The fraction of sp³-hybridized carbons (Fsp3) is 0.478. The third-order valence-electron chi connectivity index (χ3n) is 5.86. The first kappa shape index (κ1) is 21.9. The number of amides is 1. The minimum Gasteiger partial charge on any atom is -0.379 e. The number of morpholine rings is 1. The predicted molar refractivity (Wildman–Crippen MR) is 123 cm³/mol. The van der Waals surface area contributed by atoms with E-state index in [-0.39, 0.29) is 5.91 Å². The second-order valence-corrected chi connectivity index (χ2v) is 9.36. The van der Waals surface area contributed by atoms with Gasteiger partial charge in [0.05, 0.1) is 30.2 Å². The molecule has 2 heterocycles. The van der Waals surface area contributed by atoms with Gasteiger partial charge in [0.15, 0.2) is 5.16 Å². The molecule has 0 spiro atoms. The van der Waals surface area contributed by atoms with E-state index < -0.39 is 10.8 Å². The van der Waals surface area contributed by atoms with Crippen LogP contribution in [0.2, 0.25) is 0 Å². The standard InChI is InChI=1S/C23H30N4O3S/c1-31(29)23-24-16-21(26-23)22(28)25-20-8-7-17(9-10-27-11-13-30-14-12-27)15-19(20)18-5-3-2-4-6-18/h5,7-8,15-16H,2-4,6,9-14H2,1H3,(H,24,26)(H,25,28). The molecule has 1 fully saturated rings. The maximum atomic E-state index is 12.8. The van der Waals surface area contributed by atoms with Gasteiger partial charge in [0.2, 0.25) is 0 Å². The summed E-state index contributed by atoms with van der Waals surface area (Å²) in [6.07, 6.45) is 10.7. The molecule has 0 radical (unpaired) electrons. The van der Waals surface area contributed by atoms with Crippen LogP contribution in [0.1, 0.15) is 47.3 Å². The number of nitrogens with one attached hydrogen (secondary N) is 2. The fourth-order valence-electron chi connectivity index (χ4n) is 4.07. The molecule has 2 aliphatic rings. The summed E-state index contributed by atoms with van der Waals surface area (Å²) in [6.45, 7) is 4.61. The second-order valence-electron chi connectivity index (χ2n) is 8.07. The van der Waals surface area contributed by atoms with Crippen LogP contribution in [0.15, 0.2) is 35.6 Å². The van der Waals surface area contributed by atoms with E-state index in [0.717, 1.165) is 63.4 Å². The number of aromatic amines is 1. The first-order valence-corrected chi connectivity index (χ1v) is 12.5. The number of hydrogen-bond acceptors (Lipinski definition) is 5. The van der Waals surface area contributed by atoms with E-state index >= 15 is 0 Å². The number of carbonyl (C=O) groups excluding carboxylic acids is 1. The Balaban J connectivity index is 1.53. The predicted octanol–water partition coefficient (Wildman–Crippen LogP) is 3.23. The molecule has 1 unspecified atom stereocenters. The normalized spacial score (nSPS) is 18.4. The van der Waals surface area contributed by atoms with E-state index in [9.17, 15) is 9.00 Å². The zero-order valence-corrected chi connectivity index (χ0v) is 18.8. The van der Waals surface area contributed by atoms with Crippen LogP contribution >= 0.6 is 0 Å². The summed E-state index contributed by atoms with van der Waals surface area (Å²) in [7, 11) is -1.25. The molecule has 1 aliphatic carbocycles. The molecule has 166 valence electrons. The van der Waals surface area contributed by atoms with Gasteiger partial charge in [0.1, 0.15) is 5.69 Å². The van der Waals surface area contributed by atoms with Gasteiger partial charge < -0.3 is 15.0 Å². The molecule has 1 aliphatic heterocycles. The van der Waals surface area contributed by atoms with Crippen LogP contribution in [0.25, 0.3) is 5.57 Å². The minimum atomic E-state index is -1.25. The number of anilines is 1. The van der Waals surface area contributed by atoms with Gasteiger partial charge in [0, 0.05) is 37.1 Å². The average Bonchev–Trinajstić information content (AvgIpc) is 3.31. The average molecular weight is 443 g/mol. The van der Waals surface area contributed by atoms with E-state index in [4.69, 9.17) is 4.74 Å². The Morgan fingerprint density at radius 3 is 2.84 bits per heavy atom. The number of hydrogen-bond donors (Lipinski definition) is 2. The molecule has 1 aromatic heterocycles. The van der Waals surface area contributed by atoms with Crippen LogP contribution in [0.5, 0.6) is 0 Å². The molecule has 2 aromatic rings. The van der Waals surface area contributed by atoms with E-state index in [1.807, 2.05) is 6.07 Å². The van der Waals surface area contributed by atoms with Crippen molar-refractivity contribution in [1.29, 1.82) is 0 Å². The van der Waals surface area contributed by atoms with Crippen LogP contribution in [-0.4, -0.2) is 64.1 Å². The molecule has 7 nitrogen and oxygen atoms in total. The molecule has 1 aromatic carbocycles. The quantitative estimate of drug-likeness (QED) is 0.687. The monoisotopic (exact) mass is 442 g/mol. The molecule has 1 atom stereocenters. The summed E-state index contributed by atoms with van der Waals surface area (Å²) < 4.78 is 17.0. The van der Waals surface area contributed by atoms with Gasteiger partial charge in [-0.1, -0.05) is 12.1 Å². The number of allylic oxidation sites excluding steroid dienone is 2. The number of carbonyl (C=O) groups is 1. The Bertz CT molecular complexity index is 979. The number of benzene rings is 1. The third kappa shape index (κ3) is 5.70. The first-order valence-electron chi connectivity index (χ1n) is 10.9. The number of nitrogens with zero attached hydrogens (tertiary/aromatic N) is 2. The number of H-pyrrole nitrogens is 1. The molecule has 1 saturated heterocycles. The van der Waals surface area contributed by atoms with Crippen molar-refractivity contribution in [1.82, 2.24) is 14.9 Å². The smallest absolute Gasteiger partial charge is 0.273 e. The Morgan fingerprint density at radius 1 is 1.29 bits per heavy atom. The minimum absolute atomic E-state index is 0.275. The highest BCUT2D eigenvalue weighted by molar-refractivity contribution is 7.84. The van der Waals surface area contributed by atoms with Crippen molar-refractivity contribution < 1.29 is 13.7 Å². The largest absolute Gasteiger partial charge is 0.379 e. The lowest BCUT2D eigenvalue weighted by molar-refractivity contribution is 0.0384. The van der Waals surface area contributed by atoms with Gasteiger partial charge >= 0.3 is 0 Å². The molecular weight excluding hydrogens is 412 g/mol. The summed E-state index contributed by atoms with van der Waals surface area (Å²) >= 11 is 0. The topological polar surface area (TPSA) is 87.3 Å².